The molecule has 1 aliphatic rings. The number of nitriles is 1. The predicted octanol–water partition coefficient (Wildman–Crippen LogP) is 3.05. The second kappa shape index (κ2) is 5.93. The van der Waals surface area contributed by atoms with Gasteiger partial charge in [-0.2, -0.15) is 5.26 Å². The molecule has 1 fully saturated rings. The van der Waals surface area contributed by atoms with E-state index in [0.29, 0.717) is 17.3 Å². The second-order valence-electron chi connectivity index (χ2n) is 7.36. The Morgan fingerprint density at radius 2 is 1.96 bits per heavy atom. The van der Waals surface area contributed by atoms with E-state index in [2.05, 4.69) is 47.1 Å². The van der Waals surface area contributed by atoms with E-state index in [0.717, 1.165) is 47.4 Å². The van der Waals surface area contributed by atoms with Gasteiger partial charge in [0, 0.05) is 24.5 Å². The normalized spacial score (nSPS) is 17.4. The number of anilines is 1. The first-order valence-electron chi connectivity index (χ1n) is 9.18. The summed E-state index contributed by atoms with van der Waals surface area (Å²) in [5.41, 5.74) is 3.95. The zero-order valence-corrected chi connectivity index (χ0v) is 15.4. The average Bonchev–Trinajstić information content (AvgIpc) is 3.32. The molecule has 4 heterocycles. The van der Waals surface area contributed by atoms with Gasteiger partial charge in [0.05, 0.1) is 16.6 Å². The summed E-state index contributed by atoms with van der Waals surface area (Å²) >= 11 is 0. The average molecular weight is 356 g/mol. The molecule has 5 rings (SSSR count). The summed E-state index contributed by atoms with van der Waals surface area (Å²) in [5.74, 6) is 0.982. The first-order valence-corrected chi connectivity index (χ1v) is 9.18. The Balaban J connectivity index is 1.75. The molecule has 0 radical (unpaired) electrons. The molecule has 1 aromatic carbocycles. The standard InChI is InChI=1S/C21H20N6/c1-25(2)16-9-10-26(13-16)19-8-7-14-11-15(12-22)21-23-17-5-3-4-6-18(17)27(21)20(14)24-19/h3-8,11,16H,9-10,13H2,1-2H3. The lowest BCUT2D eigenvalue weighted by atomic mass is 10.2. The first-order chi connectivity index (χ1) is 13.2. The minimum absolute atomic E-state index is 0.553. The number of rotatable bonds is 2. The number of para-hydroxylation sites is 2. The molecular weight excluding hydrogens is 336 g/mol. The molecule has 1 saturated heterocycles. The fourth-order valence-corrected chi connectivity index (χ4v) is 4.01. The van der Waals surface area contributed by atoms with Crippen molar-refractivity contribution in [2.24, 2.45) is 0 Å². The maximum atomic E-state index is 9.59. The molecular formula is C21H20N6. The highest BCUT2D eigenvalue weighted by Crippen LogP contribution is 2.28. The van der Waals surface area contributed by atoms with Gasteiger partial charge in [-0.05, 0) is 50.8 Å². The van der Waals surface area contributed by atoms with Crippen molar-refractivity contribution in [1.29, 1.82) is 5.26 Å². The quantitative estimate of drug-likeness (QED) is 0.552. The van der Waals surface area contributed by atoms with E-state index in [9.17, 15) is 5.26 Å². The smallest absolute Gasteiger partial charge is 0.157 e. The number of fused-ring (bicyclic) bond motifs is 5. The molecule has 1 unspecified atom stereocenters. The van der Waals surface area contributed by atoms with Gasteiger partial charge in [0.2, 0.25) is 0 Å². The molecule has 6 heteroatoms. The maximum absolute atomic E-state index is 9.59. The molecule has 0 aliphatic carbocycles. The molecule has 1 aliphatic heterocycles. The van der Waals surface area contributed by atoms with Crippen LogP contribution in [0.15, 0.2) is 42.5 Å². The predicted molar refractivity (Wildman–Crippen MR) is 107 cm³/mol. The highest BCUT2D eigenvalue weighted by molar-refractivity contribution is 5.91. The van der Waals surface area contributed by atoms with Crippen LogP contribution >= 0.6 is 0 Å². The molecule has 6 nitrogen and oxygen atoms in total. The van der Waals surface area contributed by atoms with E-state index in [1.54, 1.807) is 0 Å². The Morgan fingerprint density at radius 3 is 2.74 bits per heavy atom. The van der Waals surface area contributed by atoms with Crippen LogP contribution in [-0.4, -0.2) is 52.5 Å². The number of benzene rings is 1. The van der Waals surface area contributed by atoms with Gasteiger partial charge in [-0.3, -0.25) is 4.40 Å². The molecule has 0 bridgehead atoms. The van der Waals surface area contributed by atoms with E-state index >= 15 is 0 Å². The van der Waals surface area contributed by atoms with Crippen molar-refractivity contribution in [3.05, 3.63) is 48.0 Å². The second-order valence-corrected chi connectivity index (χ2v) is 7.36. The van der Waals surface area contributed by atoms with Crippen LogP contribution in [0.3, 0.4) is 0 Å². The summed E-state index contributed by atoms with van der Waals surface area (Å²) in [7, 11) is 4.26. The fraction of sp³-hybridized carbons (Fsp3) is 0.286. The molecule has 0 amide bonds. The van der Waals surface area contributed by atoms with Crippen molar-refractivity contribution in [2.75, 3.05) is 32.1 Å². The van der Waals surface area contributed by atoms with Gasteiger partial charge in [0.1, 0.15) is 17.5 Å². The van der Waals surface area contributed by atoms with Crippen LogP contribution in [-0.2, 0) is 0 Å². The third-order valence-electron chi connectivity index (χ3n) is 5.54. The monoisotopic (exact) mass is 356 g/mol. The summed E-state index contributed by atoms with van der Waals surface area (Å²) in [6.45, 7) is 1.99. The number of hydrogen-bond donors (Lipinski definition) is 0. The van der Waals surface area contributed by atoms with Crippen LogP contribution in [0.2, 0.25) is 0 Å². The lowest BCUT2D eigenvalue weighted by molar-refractivity contribution is 0.315. The van der Waals surface area contributed by atoms with Gasteiger partial charge in [-0.15, -0.1) is 0 Å². The zero-order valence-electron chi connectivity index (χ0n) is 15.4. The molecule has 4 aromatic rings. The highest BCUT2D eigenvalue weighted by Gasteiger charge is 2.25. The van der Waals surface area contributed by atoms with Gasteiger partial charge >= 0.3 is 0 Å². The van der Waals surface area contributed by atoms with Crippen LogP contribution in [0, 0.1) is 11.3 Å². The van der Waals surface area contributed by atoms with Gasteiger partial charge in [-0.25, -0.2) is 9.97 Å². The number of likely N-dealkylation sites (N-methyl/N-ethyl adjacent to an activating group) is 1. The maximum Gasteiger partial charge on any atom is 0.157 e. The molecule has 0 spiro atoms. The van der Waals surface area contributed by atoms with Gasteiger partial charge in [0.15, 0.2) is 5.65 Å². The molecule has 0 saturated carbocycles. The zero-order chi connectivity index (χ0) is 18.5. The van der Waals surface area contributed by atoms with Gasteiger partial charge < -0.3 is 9.80 Å². The number of imidazole rings is 1. The Morgan fingerprint density at radius 1 is 1.11 bits per heavy atom. The van der Waals surface area contributed by atoms with E-state index in [-0.39, 0.29) is 0 Å². The fourth-order valence-electron chi connectivity index (χ4n) is 4.01. The van der Waals surface area contributed by atoms with Crippen LogP contribution in [0.1, 0.15) is 12.0 Å². The first kappa shape index (κ1) is 16.0. The number of nitrogens with zero attached hydrogens (tertiary/aromatic N) is 6. The number of pyridine rings is 2. The van der Waals surface area contributed by atoms with Crippen LogP contribution in [0.5, 0.6) is 0 Å². The Kier molecular flexibility index (Phi) is 3.52. The number of aromatic nitrogens is 3. The molecule has 1 atom stereocenters. The minimum Gasteiger partial charge on any atom is -0.355 e. The van der Waals surface area contributed by atoms with E-state index in [1.807, 2.05) is 34.7 Å². The van der Waals surface area contributed by atoms with Crippen molar-refractivity contribution in [3.8, 4) is 6.07 Å². The Hall–Kier alpha value is -3.17. The third-order valence-corrected chi connectivity index (χ3v) is 5.54. The van der Waals surface area contributed by atoms with Crippen LogP contribution < -0.4 is 4.90 Å². The van der Waals surface area contributed by atoms with Gasteiger partial charge in [-0.1, -0.05) is 12.1 Å². The summed E-state index contributed by atoms with van der Waals surface area (Å²) in [5, 5.41) is 10.5. The summed E-state index contributed by atoms with van der Waals surface area (Å²) in [4.78, 5) is 14.3. The van der Waals surface area contributed by atoms with Gasteiger partial charge in [0.25, 0.3) is 0 Å². The lowest BCUT2D eigenvalue weighted by Crippen LogP contribution is -2.31. The summed E-state index contributed by atoms with van der Waals surface area (Å²) in [6.07, 6.45) is 1.14. The number of hydrogen-bond acceptors (Lipinski definition) is 5. The third kappa shape index (κ3) is 2.43. The van der Waals surface area contributed by atoms with Crippen LogP contribution in [0.4, 0.5) is 5.82 Å². The van der Waals surface area contributed by atoms with Crippen molar-refractivity contribution in [1.82, 2.24) is 19.3 Å². The van der Waals surface area contributed by atoms with E-state index in [4.69, 9.17) is 4.98 Å². The van der Waals surface area contributed by atoms with Crippen molar-refractivity contribution < 1.29 is 0 Å². The van der Waals surface area contributed by atoms with Crippen molar-refractivity contribution in [3.63, 3.8) is 0 Å². The van der Waals surface area contributed by atoms with Crippen molar-refractivity contribution in [2.45, 2.75) is 12.5 Å². The topological polar surface area (TPSA) is 60.5 Å². The molecule has 0 N–H and O–H groups in total. The Labute approximate surface area is 157 Å². The summed E-state index contributed by atoms with van der Waals surface area (Å²) in [6, 6.07) is 16.8. The van der Waals surface area contributed by atoms with E-state index < -0.39 is 0 Å². The van der Waals surface area contributed by atoms with Crippen LogP contribution in [0.25, 0.3) is 27.7 Å². The SMILES string of the molecule is CN(C)C1CCN(c2ccc3cc(C#N)c4nc5ccccc5n4c3n2)C1. The molecule has 134 valence electrons. The minimum atomic E-state index is 0.553. The van der Waals surface area contributed by atoms with Crippen molar-refractivity contribution >= 4 is 33.5 Å². The summed E-state index contributed by atoms with van der Waals surface area (Å²) < 4.78 is 2.02. The van der Waals surface area contributed by atoms with E-state index in [1.165, 1.54) is 0 Å². The largest absolute Gasteiger partial charge is 0.355 e. The molecule has 3 aromatic heterocycles. The highest BCUT2D eigenvalue weighted by atomic mass is 15.3. The molecule has 27 heavy (non-hydrogen) atoms. The lowest BCUT2D eigenvalue weighted by Gasteiger charge is -2.21. The Bertz CT molecular complexity index is 1220.